The van der Waals surface area contributed by atoms with Crippen molar-refractivity contribution in [3.05, 3.63) is 57.2 Å². The standard InChI is InChI=1S/C25H27BrN4O8/c1-5-37-24(33)22-13(2)28-25(34)29-23(22)14-6-7-18(20(9-14)36-4)38-12-21(32)30-27-11-15-8-17(31)19(35-3)10-16(15)26/h6-11,23,31H,5,12H2,1-4H3,(H,30,32)(H2,28,29,34)/b27-11-/t23-/m0/s1. The van der Waals surface area contributed by atoms with Crippen LogP contribution in [0.5, 0.6) is 23.0 Å². The Kier molecular flexibility index (Phi) is 9.55. The molecule has 0 aliphatic carbocycles. The average Bonchev–Trinajstić information content (AvgIpc) is 2.88. The molecule has 38 heavy (non-hydrogen) atoms. The molecule has 0 radical (unpaired) electrons. The summed E-state index contributed by atoms with van der Waals surface area (Å²) in [6.07, 6.45) is 1.35. The van der Waals surface area contributed by atoms with Crippen molar-refractivity contribution in [2.75, 3.05) is 27.4 Å². The van der Waals surface area contributed by atoms with E-state index in [2.05, 4.69) is 37.1 Å². The Morgan fingerprint density at radius 3 is 2.58 bits per heavy atom. The largest absolute Gasteiger partial charge is 0.504 e. The number of methoxy groups -OCH3 is 2. The molecular weight excluding hydrogens is 564 g/mol. The van der Waals surface area contributed by atoms with Crippen LogP contribution in [0.3, 0.4) is 0 Å². The number of carbonyl (C=O) groups is 3. The Morgan fingerprint density at radius 1 is 1.16 bits per heavy atom. The number of nitrogens with zero attached hydrogens (tertiary/aromatic N) is 1. The van der Waals surface area contributed by atoms with Crippen LogP contribution in [0.15, 0.2) is 51.2 Å². The van der Waals surface area contributed by atoms with Gasteiger partial charge in [-0.2, -0.15) is 5.10 Å². The summed E-state index contributed by atoms with van der Waals surface area (Å²) in [6.45, 7) is 3.11. The lowest BCUT2D eigenvalue weighted by Crippen LogP contribution is -2.45. The topological polar surface area (TPSA) is 157 Å². The van der Waals surface area contributed by atoms with Crippen LogP contribution in [-0.2, 0) is 14.3 Å². The molecule has 1 aliphatic rings. The van der Waals surface area contributed by atoms with Crippen LogP contribution in [0.25, 0.3) is 0 Å². The normalized spacial score (nSPS) is 15.0. The molecule has 13 heteroatoms. The quantitative estimate of drug-likeness (QED) is 0.187. The number of carbonyl (C=O) groups excluding carboxylic acids is 3. The Hall–Kier alpha value is -4.26. The van der Waals surface area contributed by atoms with Crippen molar-refractivity contribution in [2.45, 2.75) is 19.9 Å². The number of phenols is 1. The summed E-state index contributed by atoms with van der Waals surface area (Å²) in [5, 5.41) is 19.1. The maximum Gasteiger partial charge on any atom is 0.338 e. The van der Waals surface area contributed by atoms with E-state index in [0.717, 1.165) is 0 Å². The highest BCUT2D eigenvalue weighted by Crippen LogP contribution is 2.35. The SMILES string of the molecule is CCOC(=O)C1=C(C)NC(=O)N[C@H]1c1ccc(OCC(=O)N/N=C\c2cc(O)c(OC)cc2Br)c(OC)c1. The minimum Gasteiger partial charge on any atom is -0.504 e. The number of allylic oxidation sites excluding steroid dienone is 1. The summed E-state index contributed by atoms with van der Waals surface area (Å²) >= 11 is 3.34. The number of hydrogen-bond acceptors (Lipinski definition) is 9. The average molecular weight is 591 g/mol. The van der Waals surface area contributed by atoms with Gasteiger partial charge in [-0.3, -0.25) is 4.79 Å². The highest BCUT2D eigenvalue weighted by atomic mass is 79.9. The molecule has 3 rings (SSSR count). The minimum atomic E-state index is -0.778. The molecule has 1 atom stereocenters. The third-order valence-electron chi connectivity index (χ3n) is 5.34. The van der Waals surface area contributed by atoms with Gasteiger partial charge in [-0.1, -0.05) is 6.07 Å². The fourth-order valence-corrected chi connectivity index (χ4v) is 4.00. The van der Waals surface area contributed by atoms with Gasteiger partial charge in [0, 0.05) is 15.7 Å². The number of benzene rings is 2. The van der Waals surface area contributed by atoms with Crippen molar-refractivity contribution >= 4 is 40.1 Å². The van der Waals surface area contributed by atoms with Gasteiger partial charge in [0.2, 0.25) is 0 Å². The molecule has 2 aromatic carbocycles. The highest BCUT2D eigenvalue weighted by molar-refractivity contribution is 9.10. The van der Waals surface area contributed by atoms with Crippen LogP contribution in [-0.4, -0.2) is 56.7 Å². The van der Waals surface area contributed by atoms with Crippen molar-refractivity contribution in [2.24, 2.45) is 5.10 Å². The molecule has 0 bridgehead atoms. The summed E-state index contributed by atoms with van der Waals surface area (Å²) in [5.41, 5.74) is 4.04. The van der Waals surface area contributed by atoms with Gasteiger partial charge in [0.05, 0.1) is 38.7 Å². The van der Waals surface area contributed by atoms with Crippen LogP contribution in [0.4, 0.5) is 4.79 Å². The van der Waals surface area contributed by atoms with Crippen LogP contribution >= 0.6 is 15.9 Å². The van der Waals surface area contributed by atoms with E-state index < -0.39 is 23.9 Å². The predicted octanol–water partition coefficient (Wildman–Crippen LogP) is 2.89. The Labute approximate surface area is 227 Å². The van der Waals surface area contributed by atoms with Crippen LogP contribution in [0.2, 0.25) is 0 Å². The number of nitrogens with one attached hydrogen (secondary N) is 3. The van der Waals surface area contributed by atoms with E-state index in [1.165, 1.54) is 26.5 Å². The fraction of sp³-hybridized carbons (Fsp3) is 0.280. The van der Waals surface area contributed by atoms with Crippen molar-refractivity contribution < 1.29 is 38.4 Å². The van der Waals surface area contributed by atoms with E-state index in [9.17, 15) is 19.5 Å². The number of urea groups is 1. The third kappa shape index (κ3) is 6.73. The first kappa shape index (κ1) is 28.3. The van der Waals surface area contributed by atoms with Gasteiger partial charge in [0.1, 0.15) is 0 Å². The van der Waals surface area contributed by atoms with E-state index in [-0.39, 0.29) is 41.8 Å². The molecule has 1 heterocycles. The zero-order valence-corrected chi connectivity index (χ0v) is 22.7. The van der Waals surface area contributed by atoms with Gasteiger partial charge in [-0.15, -0.1) is 0 Å². The van der Waals surface area contributed by atoms with E-state index in [0.29, 0.717) is 21.3 Å². The molecule has 0 spiro atoms. The monoisotopic (exact) mass is 590 g/mol. The van der Waals surface area contributed by atoms with Crippen LogP contribution in [0, 0.1) is 0 Å². The molecule has 4 N–H and O–H groups in total. The van der Waals surface area contributed by atoms with Gasteiger partial charge in [0.25, 0.3) is 5.91 Å². The minimum absolute atomic E-state index is 0.0774. The van der Waals surface area contributed by atoms with Gasteiger partial charge in [-0.05, 0) is 59.6 Å². The highest BCUT2D eigenvalue weighted by Gasteiger charge is 2.32. The maximum atomic E-state index is 12.5. The lowest BCUT2D eigenvalue weighted by molar-refractivity contribution is -0.139. The Bertz CT molecular complexity index is 1290. The Morgan fingerprint density at radius 2 is 1.89 bits per heavy atom. The van der Waals surface area contributed by atoms with Gasteiger partial charge >= 0.3 is 12.0 Å². The molecule has 0 fully saturated rings. The number of rotatable bonds is 10. The van der Waals surface area contributed by atoms with Crippen molar-refractivity contribution in [1.29, 1.82) is 0 Å². The molecule has 0 aromatic heterocycles. The number of esters is 1. The molecule has 3 amide bonds. The van der Waals surface area contributed by atoms with E-state index >= 15 is 0 Å². The first-order valence-electron chi connectivity index (χ1n) is 11.3. The van der Waals surface area contributed by atoms with Crippen molar-refractivity contribution in [3.63, 3.8) is 0 Å². The first-order chi connectivity index (χ1) is 18.2. The number of aromatic hydroxyl groups is 1. The second-order valence-electron chi connectivity index (χ2n) is 7.83. The Balaban J connectivity index is 1.69. The number of amides is 3. The lowest BCUT2D eigenvalue weighted by atomic mass is 9.95. The zero-order valence-electron chi connectivity index (χ0n) is 21.1. The van der Waals surface area contributed by atoms with Crippen LogP contribution < -0.4 is 30.3 Å². The second-order valence-corrected chi connectivity index (χ2v) is 8.68. The molecule has 202 valence electrons. The molecular formula is C25H27BrN4O8. The number of phenolic OH excluding ortho intramolecular Hbond substituents is 1. The van der Waals surface area contributed by atoms with E-state index in [1.54, 1.807) is 38.1 Å². The van der Waals surface area contributed by atoms with Crippen molar-refractivity contribution in [3.8, 4) is 23.0 Å². The summed E-state index contributed by atoms with van der Waals surface area (Å²) in [6, 6.07) is 6.56. The number of hydrazone groups is 1. The predicted molar refractivity (Wildman–Crippen MR) is 140 cm³/mol. The maximum absolute atomic E-state index is 12.5. The number of halogens is 1. The van der Waals surface area contributed by atoms with E-state index in [1.807, 2.05) is 0 Å². The molecule has 0 saturated carbocycles. The third-order valence-corrected chi connectivity index (χ3v) is 6.02. The summed E-state index contributed by atoms with van der Waals surface area (Å²) < 4.78 is 21.8. The molecule has 1 aliphatic heterocycles. The van der Waals surface area contributed by atoms with Gasteiger partial charge in [-0.25, -0.2) is 15.0 Å². The van der Waals surface area contributed by atoms with Crippen molar-refractivity contribution in [1.82, 2.24) is 16.1 Å². The van der Waals surface area contributed by atoms with Gasteiger partial charge < -0.3 is 34.7 Å². The summed E-state index contributed by atoms with van der Waals surface area (Å²) in [4.78, 5) is 36.9. The van der Waals surface area contributed by atoms with Crippen LogP contribution in [0.1, 0.15) is 31.0 Å². The molecule has 0 saturated heterocycles. The fourth-order valence-electron chi connectivity index (χ4n) is 3.58. The van der Waals surface area contributed by atoms with E-state index in [4.69, 9.17) is 18.9 Å². The lowest BCUT2D eigenvalue weighted by Gasteiger charge is -2.28. The van der Waals surface area contributed by atoms with Gasteiger partial charge in [0.15, 0.2) is 29.6 Å². The smallest absolute Gasteiger partial charge is 0.338 e. The summed E-state index contributed by atoms with van der Waals surface area (Å²) in [7, 11) is 2.86. The first-order valence-corrected chi connectivity index (χ1v) is 12.1. The molecule has 0 unspecified atom stereocenters. The summed E-state index contributed by atoms with van der Waals surface area (Å²) in [5.74, 6) is -0.350. The number of ether oxygens (including phenoxy) is 4. The zero-order chi connectivity index (χ0) is 27.8. The number of hydrogen-bond donors (Lipinski definition) is 4. The molecule has 12 nitrogen and oxygen atoms in total. The second kappa shape index (κ2) is 12.8. The molecule has 2 aromatic rings.